The Kier molecular flexibility index (Phi) is 6.36. The molecule has 2 aliphatic heterocycles. The predicted molar refractivity (Wildman–Crippen MR) is 123 cm³/mol. The number of fused-ring (bicyclic) bond motifs is 1. The first-order valence-electron chi connectivity index (χ1n) is 11.0. The standard InChI is InChI=1S/C24H28N3O3S/c28-19-11-14-27(17-19)18-9-12-26(13-10-18)15-16-29-20-5-7-21(8-6-20)30-24-25-22-3-1-2-4-23(22)31-24/h1-8,14,18-19,28H,9-13,15-17H2/t19-/m0/s1. The summed E-state index contributed by atoms with van der Waals surface area (Å²) in [5.41, 5.74) is 0.961. The van der Waals surface area contributed by atoms with Crippen LogP contribution in [0.15, 0.2) is 48.5 Å². The number of aromatic nitrogens is 1. The number of ether oxygens (including phenoxy) is 2. The molecule has 0 unspecified atom stereocenters. The van der Waals surface area contributed by atoms with E-state index in [0.717, 1.165) is 67.2 Å². The molecule has 3 heterocycles. The van der Waals surface area contributed by atoms with Gasteiger partial charge in [-0.2, -0.15) is 0 Å². The van der Waals surface area contributed by atoms with Crippen molar-refractivity contribution in [3.05, 3.63) is 55.1 Å². The Balaban J connectivity index is 1.05. The van der Waals surface area contributed by atoms with E-state index in [-0.39, 0.29) is 6.10 Å². The lowest BCUT2D eigenvalue weighted by molar-refractivity contribution is 0.109. The average molecular weight is 439 g/mol. The molecule has 2 saturated heterocycles. The van der Waals surface area contributed by atoms with Gasteiger partial charge in [0.1, 0.15) is 18.1 Å². The summed E-state index contributed by atoms with van der Waals surface area (Å²) in [6.07, 6.45) is 2.94. The van der Waals surface area contributed by atoms with Crippen LogP contribution in [0.2, 0.25) is 0 Å². The van der Waals surface area contributed by atoms with E-state index in [2.05, 4.69) is 27.4 Å². The zero-order valence-corrected chi connectivity index (χ0v) is 18.3. The van der Waals surface area contributed by atoms with Gasteiger partial charge >= 0.3 is 0 Å². The van der Waals surface area contributed by atoms with Crippen molar-refractivity contribution in [2.24, 2.45) is 0 Å². The molecule has 5 rings (SSSR count). The fourth-order valence-corrected chi connectivity index (χ4v) is 5.15. The molecule has 0 amide bonds. The molecule has 1 aromatic heterocycles. The third kappa shape index (κ3) is 5.18. The second kappa shape index (κ2) is 9.53. The van der Waals surface area contributed by atoms with Gasteiger partial charge in [-0.25, -0.2) is 4.98 Å². The molecule has 2 fully saturated rings. The Labute approximate surface area is 187 Å². The highest BCUT2D eigenvalue weighted by atomic mass is 32.1. The molecule has 31 heavy (non-hydrogen) atoms. The molecule has 1 atom stereocenters. The van der Waals surface area contributed by atoms with Crippen LogP contribution in [0, 0.1) is 6.54 Å². The highest BCUT2D eigenvalue weighted by Gasteiger charge is 2.29. The summed E-state index contributed by atoms with van der Waals surface area (Å²) in [5.74, 6) is 1.62. The molecular formula is C24H28N3O3S. The molecule has 0 bridgehead atoms. The number of thiazole rings is 1. The maximum absolute atomic E-state index is 9.72. The van der Waals surface area contributed by atoms with Gasteiger partial charge in [0.25, 0.3) is 5.19 Å². The zero-order chi connectivity index (χ0) is 21.0. The van der Waals surface area contributed by atoms with Crippen LogP contribution < -0.4 is 9.47 Å². The number of hydrogen-bond donors (Lipinski definition) is 1. The van der Waals surface area contributed by atoms with Gasteiger partial charge < -0.3 is 14.6 Å². The number of hydrogen-bond acceptors (Lipinski definition) is 7. The summed E-state index contributed by atoms with van der Waals surface area (Å²) in [5, 5.41) is 10.4. The molecule has 2 aromatic carbocycles. The summed E-state index contributed by atoms with van der Waals surface area (Å²) < 4.78 is 13.0. The van der Waals surface area contributed by atoms with Crippen molar-refractivity contribution in [2.45, 2.75) is 31.4 Å². The van der Waals surface area contributed by atoms with Crippen LogP contribution >= 0.6 is 11.3 Å². The van der Waals surface area contributed by atoms with Gasteiger partial charge in [-0.1, -0.05) is 23.5 Å². The molecule has 3 aromatic rings. The number of rotatable bonds is 7. The van der Waals surface area contributed by atoms with Crippen molar-refractivity contribution in [1.29, 1.82) is 0 Å². The van der Waals surface area contributed by atoms with Crippen molar-refractivity contribution in [1.82, 2.24) is 14.8 Å². The van der Waals surface area contributed by atoms with Crippen LogP contribution in [0.25, 0.3) is 10.2 Å². The van der Waals surface area contributed by atoms with Crippen molar-refractivity contribution in [2.75, 3.05) is 32.8 Å². The maximum atomic E-state index is 9.72. The number of likely N-dealkylation sites (tertiary alicyclic amines) is 2. The number of aliphatic hydroxyl groups is 1. The van der Waals surface area contributed by atoms with Crippen LogP contribution in [0.4, 0.5) is 0 Å². The van der Waals surface area contributed by atoms with Gasteiger partial charge in [0.15, 0.2) is 0 Å². The third-order valence-electron chi connectivity index (χ3n) is 6.04. The fourth-order valence-electron chi connectivity index (χ4n) is 4.31. The highest BCUT2D eigenvalue weighted by Crippen LogP contribution is 2.31. The van der Waals surface area contributed by atoms with E-state index >= 15 is 0 Å². The van der Waals surface area contributed by atoms with Gasteiger partial charge in [-0.05, 0) is 68.8 Å². The number of β-amino-alcohol motifs (C(OH)–C–C–N with tert-alkyl or cyclic N) is 1. The lowest BCUT2D eigenvalue weighted by Gasteiger charge is -2.36. The average Bonchev–Trinajstić information content (AvgIpc) is 3.41. The number of nitrogens with zero attached hydrogens (tertiary/aromatic N) is 3. The number of benzene rings is 2. The maximum Gasteiger partial charge on any atom is 0.279 e. The van der Waals surface area contributed by atoms with Crippen LogP contribution in [-0.4, -0.2) is 64.8 Å². The van der Waals surface area contributed by atoms with E-state index < -0.39 is 0 Å². The van der Waals surface area contributed by atoms with E-state index in [1.165, 1.54) is 0 Å². The van der Waals surface area contributed by atoms with Crippen LogP contribution in [-0.2, 0) is 0 Å². The lowest BCUT2D eigenvalue weighted by Crippen LogP contribution is -2.44. The molecule has 6 nitrogen and oxygen atoms in total. The van der Waals surface area contributed by atoms with Gasteiger partial charge in [-0.3, -0.25) is 9.80 Å². The lowest BCUT2D eigenvalue weighted by atomic mass is 10.0. The van der Waals surface area contributed by atoms with Gasteiger partial charge in [0.05, 0.1) is 16.3 Å². The number of para-hydroxylation sites is 1. The topological polar surface area (TPSA) is 58.1 Å². The van der Waals surface area contributed by atoms with Gasteiger partial charge in [0, 0.05) is 25.7 Å². The molecule has 2 aliphatic rings. The smallest absolute Gasteiger partial charge is 0.279 e. The second-order valence-electron chi connectivity index (χ2n) is 8.21. The zero-order valence-electron chi connectivity index (χ0n) is 17.5. The first-order valence-corrected chi connectivity index (χ1v) is 11.8. The Bertz CT molecular complexity index is 952. The van der Waals surface area contributed by atoms with E-state index in [4.69, 9.17) is 9.47 Å². The molecule has 7 heteroatoms. The fraction of sp³-hybridized carbons (Fsp3) is 0.417. The summed E-state index contributed by atoms with van der Waals surface area (Å²) >= 11 is 1.55. The summed E-state index contributed by atoms with van der Waals surface area (Å²) in [6.45, 7) is 6.76. The molecule has 163 valence electrons. The SMILES string of the molecule is O[C@H]1C[CH]N(C2CCN(CCOc3ccc(Oc4nc5ccccc5s4)cc3)CC2)C1. The minimum atomic E-state index is -0.176. The minimum Gasteiger partial charge on any atom is -0.492 e. The Morgan fingerprint density at radius 3 is 2.55 bits per heavy atom. The van der Waals surface area contributed by atoms with Crippen molar-refractivity contribution in [3.63, 3.8) is 0 Å². The van der Waals surface area contributed by atoms with Crippen LogP contribution in [0.3, 0.4) is 0 Å². The molecule has 0 aliphatic carbocycles. The molecule has 1 radical (unpaired) electrons. The summed E-state index contributed by atoms with van der Waals surface area (Å²) in [7, 11) is 0. The van der Waals surface area contributed by atoms with E-state index in [1.807, 2.05) is 42.5 Å². The van der Waals surface area contributed by atoms with Crippen molar-refractivity contribution >= 4 is 21.6 Å². The Morgan fingerprint density at radius 1 is 1.03 bits per heavy atom. The quantitative estimate of drug-likeness (QED) is 0.598. The Hall–Kier alpha value is -2.19. The van der Waals surface area contributed by atoms with Gasteiger partial charge in [-0.15, -0.1) is 0 Å². The number of piperidine rings is 1. The van der Waals surface area contributed by atoms with Gasteiger partial charge in [0.2, 0.25) is 0 Å². The van der Waals surface area contributed by atoms with E-state index in [0.29, 0.717) is 17.8 Å². The predicted octanol–water partition coefficient (Wildman–Crippen LogP) is 4.16. The van der Waals surface area contributed by atoms with Crippen LogP contribution in [0.1, 0.15) is 19.3 Å². The molecule has 0 saturated carbocycles. The normalized spacial score (nSPS) is 21.0. The van der Waals surface area contributed by atoms with E-state index in [9.17, 15) is 5.11 Å². The molecule has 0 spiro atoms. The Morgan fingerprint density at radius 2 is 1.81 bits per heavy atom. The molecule has 1 N–H and O–H groups in total. The van der Waals surface area contributed by atoms with Crippen molar-refractivity contribution in [3.8, 4) is 16.7 Å². The largest absolute Gasteiger partial charge is 0.492 e. The highest BCUT2D eigenvalue weighted by molar-refractivity contribution is 7.20. The first-order chi connectivity index (χ1) is 15.2. The first kappa shape index (κ1) is 20.7. The second-order valence-corrected chi connectivity index (χ2v) is 9.20. The minimum absolute atomic E-state index is 0.176. The number of aliphatic hydroxyl groups excluding tert-OH is 1. The molecular weight excluding hydrogens is 410 g/mol. The monoisotopic (exact) mass is 438 g/mol. The van der Waals surface area contributed by atoms with Crippen molar-refractivity contribution < 1.29 is 14.6 Å². The van der Waals surface area contributed by atoms with E-state index in [1.54, 1.807) is 11.3 Å². The summed E-state index contributed by atoms with van der Waals surface area (Å²) in [4.78, 5) is 9.32. The third-order valence-corrected chi connectivity index (χ3v) is 6.95. The van der Waals surface area contributed by atoms with Crippen LogP contribution in [0.5, 0.6) is 16.7 Å². The summed E-state index contributed by atoms with van der Waals surface area (Å²) in [6, 6.07) is 16.4.